The summed E-state index contributed by atoms with van der Waals surface area (Å²) in [5, 5.41) is 3.53. The molecule has 0 heterocycles. The summed E-state index contributed by atoms with van der Waals surface area (Å²) in [6, 6.07) is 8.99. The average molecular weight is 490 g/mol. The zero-order chi connectivity index (χ0) is 19.7. The van der Waals surface area contributed by atoms with E-state index in [1.54, 1.807) is 19.1 Å². The largest absolute Gasteiger partial charge is 0.328 e. The summed E-state index contributed by atoms with van der Waals surface area (Å²) in [6.07, 6.45) is 1.22. The second-order valence-electron chi connectivity index (χ2n) is 5.91. The SMILES string of the molecule is C[C@@H](Cc1cc(F)ccc1Br)N=[N+]=[N-].C[C@H](N)Cc1cc(F)ccc1Br. The van der Waals surface area contributed by atoms with E-state index < -0.39 is 0 Å². The minimum Gasteiger partial charge on any atom is -0.328 e. The maximum atomic E-state index is 12.9. The second-order valence-corrected chi connectivity index (χ2v) is 7.62. The second kappa shape index (κ2) is 11.3. The fourth-order valence-corrected chi connectivity index (χ4v) is 3.01. The molecule has 0 saturated carbocycles. The summed E-state index contributed by atoms with van der Waals surface area (Å²) in [7, 11) is 0. The molecule has 140 valence electrons. The van der Waals surface area contributed by atoms with Crippen molar-refractivity contribution in [2.24, 2.45) is 10.8 Å². The van der Waals surface area contributed by atoms with Crippen LogP contribution < -0.4 is 5.73 Å². The van der Waals surface area contributed by atoms with Crippen molar-refractivity contribution in [1.82, 2.24) is 0 Å². The first-order valence-electron chi connectivity index (χ1n) is 7.90. The van der Waals surface area contributed by atoms with Gasteiger partial charge in [0.25, 0.3) is 0 Å². The van der Waals surface area contributed by atoms with E-state index in [-0.39, 0.29) is 23.7 Å². The lowest BCUT2D eigenvalue weighted by Gasteiger charge is -2.06. The van der Waals surface area contributed by atoms with Crippen molar-refractivity contribution in [1.29, 1.82) is 0 Å². The van der Waals surface area contributed by atoms with Gasteiger partial charge in [-0.15, -0.1) is 0 Å². The standard InChI is InChI=1S/C9H9BrFN3.C9H11BrFN/c1-6(13-14-12)4-7-5-8(11)2-3-9(7)10;1-6(12)4-7-5-8(11)2-3-9(7)10/h2-3,5-6H,4H2,1H3;2-3,5-6H,4,12H2,1H3/t2*6-/m00/s1. The van der Waals surface area contributed by atoms with Crippen LogP contribution in [0.4, 0.5) is 8.78 Å². The quantitative estimate of drug-likeness (QED) is 0.298. The lowest BCUT2D eigenvalue weighted by Crippen LogP contribution is -2.18. The summed E-state index contributed by atoms with van der Waals surface area (Å²) in [6.45, 7) is 3.69. The molecule has 0 fully saturated rings. The van der Waals surface area contributed by atoms with Gasteiger partial charge in [-0.1, -0.05) is 43.9 Å². The molecule has 0 unspecified atom stereocenters. The van der Waals surface area contributed by atoms with E-state index in [1.807, 2.05) is 6.92 Å². The first-order valence-corrected chi connectivity index (χ1v) is 9.49. The molecule has 8 heteroatoms. The fourth-order valence-electron chi connectivity index (χ4n) is 2.19. The number of hydrogen-bond acceptors (Lipinski definition) is 2. The highest BCUT2D eigenvalue weighted by atomic mass is 79.9. The van der Waals surface area contributed by atoms with Crippen LogP contribution in [-0.4, -0.2) is 12.1 Å². The van der Waals surface area contributed by atoms with Gasteiger partial charge in [0.05, 0.1) is 0 Å². The Labute approximate surface area is 168 Å². The van der Waals surface area contributed by atoms with E-state index in [9.17, 15) is 8.78 Å². The van der Waals surface area contributed by atoms with Crippen LogP contribution in [0.25, 0.3) is 10.4 Å². The number of nitrogens with zero attached hydrogens (tertiary/aromatic N) is 3. The number of nitrogens with two attached hydrogens (primary N) is 1. The number of hydrogen-bond donors (Lipinski definition) is 1. The Kier molecular flexibility index (Phi) is 9.80. The molecule has 2 aromatic rings. The molecule has 0 aliphatic heterocycles. The Hall–Kier alpha value is -1.47. The van der Waals surface area contributed by atoms with E-state index >= 15 is 0 Å². The van der Waals surface area contributed by atoms with Gasteiger partial charge < -0.3 is 5.73 Å². The number of benzene rings is 2. The number of azide groups is 1. The summed E-state index contributed by atoms with van der Waals surface area (Å²) in [4.78, 5) is 2.70. The van der Waals surface area contributed by atoms with E-state index in [1.165, 1.54) is 24.3 Å². The van der Waals surface area contributed by atoms with Gasteiger partial charge in [0.15, 0.2) is 0 Å². The van der Waals surface area contributed by atoms with Crippen molar-refractivity contribution in [3.05, 3.63) is 78.5 Å². The first-order chi connectivity index (χ1) is 12.2. The third-order valence-electron chi connectivity index (χ3n) is 3.32. The first kappa shape index (κ1) is 22.6. The van der Waals surface area contributed by atoms with E-state index in [4.69, 9.17) is 11.3 Å². The molecular formula is C18H20Br2F2N4. The van der Waals surface area contributed by atoms with Crippen LogP contribution in [0.1, 0.15) is 25.0 Å². The Morgan fingerprint density at radius 1 is 1.00 bits per heavy atom. The van der Waals surface area contributed by atoms with Crippen LogP contribution in [0.15, 0.2) is 50.5 Å². The van der Waals surface area contributed by atoms with Crippen molar-refractivity contribution in [3.8, 4) is 0 Å². The highest BCUT2D eigenvalue weighted by Gasteiger charge is 2.06. The lowest BCUT2D eigenvalue weighted by atomic mass is 10.1. The molecule has 0 aromatic heterocycles. The molecule has 0 amide bonds. The zero-order valence-electron chi connectivity index (χ0n) is 14.5. The van der Waals surface area contributed by atoms with Crippen molar-refractivity contribution in [2.75, 3.05) is 0 Å². The van der Waals surface area contributed by atoms with Gasteiger partial charge in [0, 0.05) is 25.9 Å². The Balaban J connectivity index is 0.000000263. The van der Waals surface area contributed by atoms with Crippen LogP contribution in [0.3, 0.4) is 0 Å². The predicted molar refractivity (Wildman–Crippen MR) is 108 cm³/mol. The highest BCUT2D eigenvalue weighted by molar-refractivity contribution is 9.10. The molecule has 2 rings (SSSR count). The average Bonchev–Trinajstić information content (AvgIpc) is 2.55. The molecular weight excluding hydrogens is 470 g/mol. The summed E-state index contributed by atoms with van der Waals surface area (Å²) in [5.74, 6) is -0.495. The maximum Gasteiger partial charge on any atom is 0.123 e. The molecule has 0 radical (unpaired) electrons. The number of halogens is 4. The molecule has 0 spiro atoms. The van der Waals surface area contributed by atoms with Gasteiger partial charge in [-0.05, 0) is 72.8 Å². The molecule has 2 atom stereocenters. The summed E-state index contributed by atoms with van der Waals surface area (Å²) >= 11 is 6.65. The van der Waals surface area contributed by atoms with Gasteiger partial charge in [-0.25, -0.2) is 8.78 Å². The van der Waals surface area contributed by atoms with Gasteiger partial charge in [-0.2, -0.15) is 0 Å². The van der Waals surface area contributed by atoms with Crippen LogP contribution in [-0.2, 0) is 12.8 Å². The Morgan fingerprint density at radius 2 is 1.46 bits per heavy atom. The summed E-state index contributed by atoms with van der Waals surface area (Å²) < 4.78 is 27.3. The Bertz CT molecular complexity index is 778. The molecule has 0 saturated heterocycles. The van der Waals surface area contributed by atoms with Crippen LogP contribution >= 0.6 is 31.9 Å². The maximum absolute atomic E-state index is 12.9. The molecule has 2 N–H and O–H groups in total. The normalized spacial score (nSPS) is 12.4. The smallest absolute Gasteiger partial charge is 0.123 e. The lowest BCUT2D eigenvalue weighted by molar-refractivity contribution is 0.621. The highest BCUT2D eigenvalue weighted by Crippen LogP contribution is 2.20. The number of rotatable bonds is 5. The van der Waals surface area contributed by atoms with Crippen LogP contribution in [0.2, 0.25) is 0 Å². The molecule has 4 nitrogen and oxygen atoms in total. The predicted octanol–water partition coefficient (Wildman–Crippen LogP) is 6.31. The zero-order valence-corrected chi connectivity index (χ0v) is 17.6. The third kappa shape index (κ3) is 8.27. The van der Waals surface area contributed by atoms with Gasteiger partial charge in [0.1, 0.15) is 11.6 Å². The fraction of sp³-hybridized carbons (Fsp3) is 0.333. The Morgan fingerprint density at radius 3 is 1.88 bits per heavy atom. The minimum atomic E-state index is -0.281. The van der Waals surface area contributed by atoms with Gasteiger partial charge >= 0.3 is 0 Å². The molecule has 0 aliphatic rings. The van der Waals surface area contributed by atoms with Crippen LogP contribution in [0, 0.1) is 11.6 Å². The van der Waals surface area contributed by atoms with Crippen molar-refractivity contribution in [2.45, 2.75) is 38.8 Å². The van der Waals surface area contributed by atoms with Crippen molar-refractivity contribution >= 4 is 31.9 Å². The monoisotopic (exact) mass is 488 g/mol. The van der Waals surface area contributed by atoms with E-state index in [2.05, 4.69) is 41.9 Å². The summed E-state index contributed by atoms with van der Waals surface area (Å²) in [5.41, 5.74) is 15.5. The molecule has 26 heavy (non-hydrogen) atoms. The van der Waals surface area contributed by atoms with Crippen molar-refractivity contribution in [3.63, 3.8) is 0 Å². The van der Waals surface area contributed by atoms with Crippen LogP contribution in [0.5, 0.6) is 0 Å². The molecule has 2 aromatic carbocycles. The van der Waals surface area contributed by atoms with E-state index in [0.717, 1.165) is 20.1 Å². The van der Waals surface area contributed by atoms with Gasteiger partial charge in [0.2, 0.25) is 0 Å². The van der Waals surface area contributed by atoms with Crippen molar-refractivity contribution < 1.29 is 8.78 Å². The van der Waals surface area contributed by atoms with Gasteiger partial charge in [-0.3, -0.25) is 0 Å². The third-order valence-corrected chi connectivity index (χ3v) is 4.87. The molecule has 0 aliphatic carbocycles. The molecule has 0 bridgehead atoms. The minimum absolute atomic E-state index is 0.0584. The topological polar surface area (TPSA) is 74.8 Å². The van der Waals surface area contributed by atoms with E-state index in [0.29, 0.717) is 12.8 Å².